The van der Waals surface area contributed by atoms with Crippen molar-refractivity contribution in [2.24, 2.45) is 0 Å². The molecular formula is C15H12FNO4. The van der Waals surface area contributed by atoms with Gasteiger partial charge >= 0.3 is 5.97 Å². The average molecular weight is 289 g/mol. The number of nitro groups is 1. The third-order valence-corrected chi connectivity index (χ3v) is 2.98. The van der Waals surface area contributed by atoms with Gasteiger partial charge < -0.3 is 4.74 Å². The molecule has 0 aliphatic rings. The number of carbonyl (C=O) groups is 1. The predicted octanol–water partition coefficient (Wildman–Crippen LogP) is 3.50. The Kier molecular flexibility index (Phi) is 3.98. The van der Waals surface area contributed by atoms with Crippen molar-refractivity contribution in [2.45, 2.75) is 6.92 Å². The molecule has 0 heterocycles. The van der Waals surface area contributed by atoms with Crippen LogP contribution in [0.25, 0.3) is 11.1 Å². The van der Waals surface area contributed by atoms with Crippen molar-refractivity contribution in [1.82, 2.24) is 0 Å². The minimum Gasteiger partial charge on any atom is -0.465 e. The Balaban J connectivity index is 2.67. The standard InChI is InChI=1S/C15H12FNO4/c1-9-3-4-14(16)13(5-9)10-6-11(15(18)21-2)8-12(7-10)17(19)20/h3-8H,1-2H3. The molecule has 0 bridgehead atoms. The van der Waals surface area contributed by atoms with Gasteiger partial charge in [0.25, 0.3) is 5.69 Å². The Labute approximate surface area is 120 Å². The van der Waals surface area contributed by atoms with Crippen LogP contribution in [0.4, 0.5) is 10.1 Å². The van der Waals surface area contributed by atoms with Crippen LogP contribution < -0.4 is 0 Å². The van der Waals surface area contributed by atoms with Crippen molar-refractivity contribution in [3.63, 3.8) is 0 Å². The van der Waals surface area contributed by atoms with E-state index in [0.717, 1.165) is 11.6 Å². The van der Waals surface area contributed by atoms with E-state index in [9.17, 15) is 19.3 Å². The van der Waals surface area contributed by atoms with Gasteiger partial charge in [-0.3, -0.25) is 10.1 Å². The van der Waals surface area contributed by atoms with Gasteiger partial charge in [-0.25, -0.2) is 9.18 Å². The van der Waals surface area contributed by atoms with Gasteiger partial charge in [-0.1, -0.05) is 11.6 Å². The van der Waals surface area contributed by atoms with Crippen LogP contribution in [0.3, 0.4) is 0 Å². The monoisotopic (exact) mass is 289 g/mol. The number of ether oxygens (including phenoxy) is 1. The summed E-state index contributed by atoms with van der Waals surface area (Å²) in [6, 6.07) is 8.14. The van der Waals surface area contributed by atoms with Gasteiger partial charge in [-0.2, -0.15) is 0 Å². The molecular weight excluding hydrogens is 277 g/mol. The van der Waals surface area contributed by atoms with E-state index in [2.05, 4.69) is 4.74 Å². The van der Waals surface area contributed by atoms with Gasteiger partial charge in [-0.05, 0) is 30.7 Å². The Bertz CT molecular complexity index is 728. The number of esters is 1. The zero-order chi connectivity index (χ0) is 15.6. The number of benzene rings is 2. The maximum Gasteiger partial charge on any atom is 0.338 e. The summed E-state index contributed by atoms with van der Waals surface area (Å²) in [5, 5.41) is 11.0. The number of nitrogens with zero attached hydrogens (tertiary/aromatic N) is 1. The van der Waals surface area contributed by atoms with E-state index in [1.165, 1.54) is 25.3 Å². The molecule has 0 aliphatic heterocycles. The molecule has 0 spiro atoms. The van der Waals surface area contributed by atoms with Crippen molar-refractivity contribution in [2.75, 3.05) is 7.11 Å². The van der Waals surface area contributed by atoms with Crippen molar-refractivity contribution >= 4 is 11.7 Å². The number of aryl methyl sites for hydroxylation is 1. The SMILES string of the molecule is COC(=O)c1cc(-c2cc(C)ccc2F)cc([N+](=O)[O-])c1. The summed E-state index contributed by atoms with van der Waals surface area (Å²) in [7, 11) is 1.17. The number of halogens is 1. The van der Waals surface area contributed by atoms with Crippen LogP contribution in [0.2, 0.25) is 0 Å². The fraction of sp³-hybridized carbons (Fsp3) is 0.133. The maximum absolute atomic E-state index is 13.9. The second-order valence-corrected chi connectivity index (χ2v) is 4.50. The Morgan fingerprint density at radius 1 is 1.24 bits per heavy atom. The predicted molar refractivity (Wildman–Crippen MR) is 74.6 cm³/mol. The van der Waals surface area contributed by atoms with Crippen LogP contribution in [0, 0.1) is 22.9 Å². The number of methoxy groups -OCH3 is 1. The summed E-state index contributed by atoms with van der Waals surface area (Å²) < 4.78 is 18.5. The average Bonchev–Trinajstić information content (AvgIpc) is 2.48. The molecule has 0 unspecified atom stereocenters. The number of hydrogen-bond donors (Lipinski definition) is 0. The Morgan fingerprint density at radius 3 is 2.57 bits per heavy atom. The minimum absolute atomic E-state index is 0.00241. The molecule has 2 aromatic carbocycles. The second-order valence-electron chi connectivity index (χ2n) is 4.50. The number of non-ortho nitro benzene ring substituents is 1. The first-order chi connectivity index (χ1) is 9.92. The molecule has 0 saturated carbocycles. The zero-order valence-corrected chi connectivity index (χ0v) is 11.4. The Hall–Kier alpha value is -2.76. The van der Waals surface area contributed by atoms with Crippen LogP contribution >= 0.6 is 0 Å². The van der Waals surface area contributed by atoms with E-state index in [0.29, 0.717) is 0 Å². The molecule has 108 valence electrons. The quantitative estimate of drug-likeness (QED) is 0.492. The van der Waals surface area contributed by atoms with Crippen LogP contribution in [-0.4, -0.2) is 18.0 Å². The molecule has 2 rings (SSSR count). The summed E-state index contributed by atoms with van der Waals surface area (Å²) in [5.41, 5.74) is 0.962. The molecule has 0 saturated heterocycles. The number of hydrogen-bond acceptors (Lipinski definition) is 4. The van der Waals surface area contributed by atoms with Gasteiger partial charge in [0.15, 0.2) is 0 Å². The molecule has 0 aromatic heterocycles. The lowest BCUT2D eigenvalue weighted by Crippen LogP contribution is -2.03. The first-order valence-electron chi connectivity index (χ1n) is 6.06. The Morgan fingerprint density at radius 2 is 1.95 bits per heavy atom. The van der Waals surface area contributed by atoms with Crippen LogP contribution in [0.5, 0.6) is 0 Å². The molecule has 0 amide bonds. The normalized spacial score (nSPS) is 10.2. The lowest BCUT2D eigenvalue weighted by molar-refractivity contribution is -0.384. The van der Waals surface area contributed by atoms with E-state index in [-0.39, 0.29) is 22.4 Å². The highest BCUT2D eigenvalue weighted by molar-refractivity contribution is 5.92. The second kappa shape index (κ2) is 5.70. The number of carbonyl (C=O) groups excluding carboxylic acids is 1. The molecule has 6 heteroatoms. The van der Waals surface area contributed by atoms with Gasteiger partial charge in [0, 0.05) is 17.7 Å². The molecule has 0 atom stereocenters. The fourth-order valence-electron chi connectivity index (χ4n) is 1.97. The van der Waals surface area contributed by atoms with Gasteiger partial charge in [0.1, 0.15) is 5.82 Å². The first kappa shape index (κ1) is 14.6. The van der Waals surface area contributed by atoms with Gasteiger partial charge in [0.2, 0.25) is 0 Å². The lowest BCUT2D eigenvalue weighted by Gasteiger charge is -2.07. The van der Waals surface area contributed by atoms with Crippen molar-refractivity contribution in [1.29, 1.82) is 0 Å². The highest BCUT2D eigenvalue weighted by atomic mass is 19.1. The molecule has 2 aromatic rings. The third kappa shape index (κ3) is 3.05. The largest absolute Gasteiger partial charge is 0.465 e. The third-order valence-electron chi connectivity index (χ3n) is 2.98. The molecule has 0 N–H and O–H groups in total. The molecule has 0 radical (unpaired) electrons. The molecule has 0 fully saturated rings. The summed E-state index contributed by atoms with van der Waals surface area (Å²) in [6.07, 6.45) is 0. The van der Waals surface area contributed by atoms with E-state index in [4.69, 9.17) is 0 Å². The maximum atomic E-state index is 13.9. The van der Waals surface area contributed by atoms with Crippen LogP contribution in [0.15, 0.2) is 36.4 Å². The highest BCUT2D eigenvalue weighted by Crippen LogP contribution is 2.29. The highest BCUT2D eigenvalue weighted by Gasteiger charge is 2.17. The molecule has 0 aliphatic carbocycles. The van der Waals surface area contributed by atoms with Crippen molar-refractivity contribution in [3.8, 4) is 11.1 Å². The number of rotatable bonds is 3. The van der Waals surface area contributed by atoms with Crippen molar-refractivity contribution < 1.29 is 18.8 Å². The smallest absolute Gasteiger partial charge is 0.338 e. The van der Waals surface area contributed by atoms with Crippen molar-refractivity contribution in [3.05, 3.63) is 63.5 Å². The van der Waals surface area contributed by atoms with Crippen LogP contribution in [0.1, 0.15) is 15.9 Å². The fourth-order valence-corrected chi connectivity index (χ4v) is 1.97. The van der Waals surface area contributed by atoms with E-state index in [1.807, 2.05) is 0 Å². The van der Waals surface area contributed by atoms with Gasteiger partial charge in [0.05, 0.1) is 17.6 Å². The number of nitro benzene ring substituents is 1. The molecule has 21 heavy (non-hydrogen) atoms. The summed E-state index contributed by atoms with van der Waals surface area (Å²) in [5.74, 6) is -1.23. The summed E-state index contributed by atoms with van der Waals surface area (Å²) >= 11 is 0. The summed E-state index contributed by atoms with van der Waals surface area (Å²) in [6.45, 7) is 1.78. The van der Waals surface area contributed by atoms with E-state index in [1.54, 1.807) is 19.1 Å². The minimum atomic E-state index is -0.715. The topological polar surface area (TPSA) is 69.4 Å². The van der Waals surface area contributed by atoms with E-state index >= 15 is 0 Å². The molecule has 5 nitrogen and oxygen atoms in total. The summed E-state index contributed by atoms with van der Waals surface area (Å²) in [4.78, 5) is 21.9. The zero-order valence-electron chi connectivity index (χ0n) is 11.4. The van der Waals surface area contributed by atoms with Crippen LogP contribution in [-0.2, 0) is 4.74 Å². The lowest BCUT2D eigenvalue weighted by atomic mass is 10.00. The van der Waals surface area contributed by atoms with E-state index < -0.39 is 16.7 Å². The first-order valence-corrected chi connectivity index (χ1v) is 6.06. The van der Waals surface area contributed by atoms with Gasteiger partial charge in [-0.15, -0.1) is 0 Å².